The van der Waals surface area contributed by atoms with Gasteiger partial charge in [0.25, 0.3) is 0 Å². The highest BCUT2D eigenvalue weighted by atomic mass is 16.5. The lowest BCUT2D eigenvalue weighted by Gasteiger charge is -2.46. The summed E-state index contributed by atoms with van der Waals surface area (Å²) >= 11 is 0. The van der Waals surface area contributed by atoms with Crippen LogP contribution in [0, 0.1) is 11.3 Å². The van der Waals surface area contributed by atoms with Gasteiger partial charge in [0.1, 0.15) is 0 Å². The van der Waals surface area contributed by atoms with Gasteiger partial charge in [-0.2, -0.15) is 0 Å². The van der Waals surface area contributed by atoms with Crippen LogP contribution in [0.4, 0.5) is 0 Å². The first-order valence-corrected chi connectivity index (χ1v) is 8.82. The predicted octanol–water partition coefficient (Wildman–Crippen LogP) is 3.68. The topological polar surface area (TPSA) is 75.6 Å². The molecule has 0 saturated heterocycles. The summed E-state index contributed by atoms with van der Waals surface area (Å²) in [5, 5.41) is 13.4. The first-order chi connectivity index (χ1) is 11.9. The molecular weight excluding hydrogens is 318 g/mol. The molecule has 136 valence electrons. The molecular formula is C20H27NO4. The number of carboxylic acids is 1. The zero-order chi connectivity index (χ0) is 18.6. The first-order valence-electron chi connectivity index (χ1n) is 8.82. The van der Waals surface area contributed by atoms with Gasteiger partial charge in [0.05, 0.1) is 23.6 Å². The van der Waals surface area contributed by atoms with Crippen molar-refractivity contribution in [2.75, 3.05) is 6.61 Å². The number of esters is 1. The summed E-state index contributed by atoms with van der Waals surface area (Å²) in [6, 6.07) is 9.13. The Hall–Kier alpha value is -2.30. The second kappa shape index (κ2) is 7.72. The van der Waals surface area contributed by atoms with Crippen molar-refractivity contribution in [1.29, 1.82) is 0 Å². The van der Waals surface area contributed by atoms with Crippen LogP contribution in [0.1, 0.15) is 52.1 Å². The molecule has 0 aliphatic carbocycles. The Morgan fingerprint density at radius 1 is 1.24 bits per heavy atom. The van der Waals surface area contributed by atoms with Crippen molar-refractivity contribution in [2.24, 2.45) is 11.3 Å². The lowest BCUT2D eigenvalue weighted by Crippen LogP contribution is -2.53. The zero-order valence-corrected chi connectivity index (χ0v) is 15.3. The van der Waals surface area contributed by atoms with E-state index >= 15 is 0 Å². The van der Waals surface area contributed by atoms with Gasteiger partial charge < -0.3 is 15.2 Å². The molecule has 1 aliphatic heterocycles. The second-order valence-corrected chi connectivity index (χ2v) is 6.58. The Morgan fingerprint density at radius 2 is 1.88 bits per heavy atom. The predicted molar refractivity (Wildman–Crippen MR) is 95.8 cm³/mol. The normalized spacial score (nSPS) is 26.1. The summed E-state index contributed by atoms with van der Waals surface area (Å²) in [7, 11) is 0. The van der Waals surface area contributed by atoms with Crippen molar-refractivity contribution in [3.8, 4) is 0 Å². The molecule has 0 radical (unpaired) electrons. The van der Waals surface area contributed by atoms with Crippen molar-refractivity contribution >= 4 is 11.9 Å². The van der Waals surface area contributed by atoms with Gasteiger partial charge in [0, 0.05) is 11.6 Å². The highest BCUT2D eigenvalue weighted by molar-refractivity contribution is 5.92. The van der Waals surface area contributed by atoms with E-state index in [0.717, 1.165) is 12.0 Å². The minimum atomic E-state index is -1.12. The van der Waals surface area contributed by atoms with E-state index in [2.05, 4.69) is 5.32 Å². The van der Waals surface area contributed by atoms with E-state index in [-0.39, 0.29) is 0 Å². The van der Waals surface area contributed by atoms with Crippen LogP contribution in [0.3, 0.4) is 0 Å². The molecule has 0 bridgehead atoms. The van der Waals surface area contributed by atoms with Gasteiger partial charge in [-0.1, -0.05) is 51.1 Å². The van der Waals surface area contributed by atoms with Crippen LogP contribution in [0.25, 0.3) is 0 Å². The standard InChI is InChI=1S/C20H27NO4/c1-5-12-25-18(22)16-13(3)20(6-2,19(23)24)17(21-14(16)4)15-10-8-7-9-11-15/h7-11,13,17,21H,5-6,12H2,1-4H3,(H,23,24). The number of rotatable bonds is 6. The Kier molecular flexibility index (Phi) is 5.88. The number of hydrogen-bond acceptors (Lipinski definition) is 4. The Morgan fingerprint density at radius 3 is 2.40 bits per heavy atom. The number of allylic oxidation sites excluding steroid dienone is 1. The van der Waals surface area contributed by atoms with Gasteiger partial charge in [-0.05, 0) is 25.3 Å². The maximum atomic E-state index is 12.5. The summed E-state index contributed by atoms with van der Waals surface area (Å²) in [6.07, 6.45) is 1.12. The maximum absolute atomic E-state index is 12.5. The molecule has 0 fully saturated rings. The largest absolute Gasteiger partial charge is 0.481 e. The Balaban J connectivity index is 2.55. The van der Waals surface area contributed by atoms with E-state index in [9.17, 15) is 14.7 Å². The fourth-order valence-electron chi connectivity index (χ4n) is 3.85. The molecule has 1 aliphatic rings. The van der Waals surface area contributed by atoms with E-state index in [1.807, 2.05) is 58.0 Å². The minimum Gasteiger partial charge on any atom is -0.481 e. The summed E-state index contributed by atoms with van der Waals surface area (Å²) in [6.45, 7) is 7.75. The van der Waals surface area contributed by atoms with E-state index in [4.69, 9.17) is 4.74 Å². The van der Waals surface area contributed by atoms with E-state index in [1.165, 1.54) is 0 Å². The van der Waals surface area contributed by atoms with E-state index in [0.29, 0.717) is 24.3 Å². The highest BCUT2D eigenvalue weighted by Gasteiger charge is 2.54. The third kappa shape index (κ3) is 3.28. The van der Waals surface area contributed by atoms with Crippen molar-refractivity contribution < 1.29 is 19.4 Å². The lowest BCUT2D eigenvalue weighted by molar-refractivity contribution is -0.156. The van der Waals surface area contributed by atoms with Gasteiger partial charge in [0.2, 0.25) is 0 Å². The third-order valence-electron chi connectivity index (χ3n) is 5.26. The number of benzene rings is 1. The third-order valence-corrected chi connectivity index (χ3v) is 5.26. The second-order valence-electron chi connectivity index (χ2n) is 6.58. The maximum Gasteiger partial charge on any atom is 0.336 e. The fraction of sp³-hybridized carbons (Fsp3) is 0.500. The van der Waals surface area contributed by atoms with Crippen molar-refractivity contribution in [3.63, 3.8) is 0 Å². The van der Waals surface area contributed by atoms with E-state index in [1.54, 1.807) is 0 Å². The highest BCUT2D eigenvalue weighted by Crippen LogP contribution is 2.50. The molecule has 0 aromatic heterocycles. The molecule has 1 aromatic rings. The van der Waals surface area contributed by atoms with Crippen LogP contribution in [0.5, 0.6) is 0 Å². The molecule has 5 heteroatoms. The molecule has 1 heterocycles. The molecule has 25 heavy (non-hydrogen) atoms. The van der Waals surface area contributed by atoms with Crippen molar-refractivity contribution in [2.45, 2.75) is 46.6 Å². The van der Waals surface area contributed by atoms with Gasteiger partial charge in [-0.15, -0.1) is 0 Å². The molecule has 3 atom stereocenters. The quantitative estimate of drug-likeness (QED) is 0.769. The monoisotopic (exact) mass is 345 g/mol. The minimum absolute atomic E-state index is 0.330. The average Bonchev–Trinajstić information content (AvgIpc) is 2.60. The van der Waals surface area contributed by atoms with Crippen LogP contribution < -0.4 is 5.32 Å². The SMILES string of the molecule is CCCOC(=O)C1=C(C)NC(c2ccccc2)C(CC)(C(=O)O)C1C. The Labute approximate surface area is 149 Å². The van der Waals surface area contributed by atoms with Crippen LogP contribution >= 0.6 is 0 Å². The van der Waals surface area contributed by atoms with E-state index < -0.39 is 29.3 Å². The number of hydrogen-bond donors (Lipinski definition) is 2. The van der Waals surface area contributed by atoms with Crippen LogP contribution in [-0.2, 0) is 14.3 Å². The van der Waals surface area contributed by atoms with Gasteiger partial charge in [0.15, 0.2) is 0 Å². The molecule has 0 saturated carbocycles. The van der Waals surface area contributed by atoms with Gasteiger partial charge in [-0.25, -0.2) is 4.79 Å². The number of aliphatic carboxylic acids is 1. The molecule has 2 N–H and O–H groups in total. The van der Waals surface area contributed by atoms with Gasteiger partial charge >= 0.3 is 11.9 Å². The summed E-state index contributed by atoms with van der Waals surface area (Å²) in [4.78, 5) is 24.9. The molecule has 0 spiro atoms. The number of nitrogens with one attached hydrogen (secondary N) is 1. The number of carboxylic acid groups (broad SMARTS) is 1. The Bertz CT molecular complexity index is 668. The molecule has 5 nitrogen and oxygen atoms in total. The van der Waals surface area contributed by atoms with Crippen molar-refractivity contribution in [3.05, 3.63) is 47.2 Å². The lowest BCUT2D eigenvalue weighted by atomic mass is 9.62. The zero-order valence-electron chi connectivity index (χ0n) is 15.3. The number of ether oxygens (including phenoxy) is 1. The van der Waals surface area contributed by atoms with Crippen LogP contribution in [0.15, 0.2) is 41.6 Å². The summed E-state index contributed by atoms with van der Waals surface area (Å²) in [5.74, 6) is -1.80. The molecule has 0 amide bonds. The average molecular weight is 345 g/mol. The molecule has 1 aromatic carbocycles. The number of carbonyl (C=O) groups excluding carboxylic acids is 1. The first kappa shape index (κ1) is 19.0. The summed E-state index contributed by atoms with van der Waals surface area (Å²) < 4.78 is 5.30. The molecule has 3 unspecified atom stereocenters. The molecule has 2 rings (SSSR count). The van der Waals surface area contributed by atoms with Crippen LogP contribution in [0.2, 0.25) is 0 Å². The van der Waals surface area contributed by atoms with Gasteiger partial charge in [-0.3, -0.25) is 4.79 Å². The fourth-order valence-corrected chi connectivity index (χ4v) is 3.85. The number of carbonyl (C=O) groups is 2. The van der Waals surface area contributed by atoms with Crippen LogP contribution in [-0.4, -0.2) is 23.7 Å². The van der Waals surface area contributed by atoms with Crippen molar-refractivity contribution in [1.82, 2.24) is 5.32 Å². The smallest absolute Gasteiger partial charge is 0.336 e. The summed E-state index contributed by atoms with van der Waals surface area (Å²) in [5.41, 5.74) is 0.901.